The molecule has 0 saturated heterocycles. The molecule has 0 aromatic carbocycles. The summed E-state index contributed by atoms with van der Waals surface area (Å²) in [5, 5.41) is 17.0. The molecule has 0 fully saturated rings. The van der Waals surface area contributed by atoms with Crippen molar-refractivity contribution in [3.63, 3.8) is 0 Å². The SMILES string of the molecule is N#Cc1c(C(F)F)cc(=O)[nH]c1SCC(=O)O. The van der Waals surface area contributed by atoms with E-state index in [1.165, 1.54) is 6.07 Å². The summed E-state index contributed by atoms with van der Waals surface area (Å²) in [5.74, 6) is -1.61. The highest BCUT2D eigenvalue weighted by atomic mass is 32.2. The molecule has 5 nitrogen and oxygen atoms in total. The maximum absolute atomic E-state index is 12.5. The van der Waals surface area contributed by atoms with Crippen LogP contribution in [0.3, 0.4) is 0 Å². The van der Waals surface area contributed by atoms with Crippen molar-refractivity contribution >= 4 is 17.7 Å². The zero-order valence-corrected chi connectivity index (χ0v) is 9.05. The van der Waals surface area contributed by atoms with Gasteiger partial charge in [-0.1, -0.05) is 11.8 Å². The predicted molar refractivity (Wildman–Crippen MR) is 55.1 cm³/mol. The summed E-state index contributed by atoms with van der Waals surface area (Å²) in [4.78, 5) is 23.6. The fourth-order valence-corrected chi connectivity index (χ4v) is 1.83. The Morgan fingerprint density at radius 3 is 2.76 bits per heavy atom. The minimum absolute atomic E-state index is 0.155. The number of hydrogen-bond donors (Lipinski definition) is 2. The van der Waals surface area contributed by atoms with Crippen molar-refractivity contribution in [1.82, 2.24) is 4.98 Å². The summed E-state index contributed by atoms with van der Waals surface area (Å²) in [6, 6.07) is 2.17. The molecule has 1 heterocycles. The molecule has 8 heteroatoms. The van der Waals surface area contributed by atoms with E-state index in [9.17, 15) is 18.4 Å². The first-order valence-corrected chi connectivity index (χ1v) is 5.24. The van der Waals surface area contributed by atoms with E-state index in [0.29, 0.717) is 17.8 Å². The number of hydrogen-bond acceptors (Lipinski definition) is 4. The van der Waals surface area contributed by atoms with Crippen LogP contribution in [0.15, 0.2) is 15.9 Å². The Labute approximate surface area is 98.1 Å². The number of nitriles is 1. The fraction of sp³-hybridized carbons (Fsp3) is 0.222. The van der Waals surface area contributed by atoms with Crippen LogP contribution in [0.25, 0.3) is 0 Å². The molecule has 17 heavy (non-hydrogen) atoms. The van der Waals surface area contributed by atoms with Gasteiger partial charge in [-0.15, -0.1) is 0 Å². The zero-order chi connectivity index (χ0) is 13.0. The summed E-state index contributed by atoms with van der Waals surface area (Å²) in [6.45, 7) is 0. The van der Waals surface area contributed by atoms with E-state index in [1.54, 1.807) is 0 Å². The van der Waals surface area contributed by atoms with Crippen LogP contribution in [0.4, 0.5) is 8.78 Å². The van der Waals surface area contributed by atoms with Crippen LogP contribution in [0, 0.1) is 11.3 Å². The summed E-state index contributed by atoms with van der Waals surface area (Å²) in [7, 11) is 0. The topological polar surface area (TPSA) is 94.0 Å². The number of rotatable bonds is 4. The Hall–Kier alpha value is -1.88. The van der Waals surface area contributed by atoms with E-state index in [0.717, 1.165) is 0 Å². The largest absolute Gasteiger partial charge is 0.481 e. The Balaban J connectivity index is 3.24. The maximum Gasteiger partial charge on any atom is 0.313 e. The number of thioether (sulfide) groups is 1. The smallest absolute Gasteiger partial charge is 0.313 e. The van der Waals surface area contributed by atoms with Gasteiger partial charge in [0.2, 0.25) is 5.56 Å². The van der Waals surface area contributed by atoms with Crippen molar-refractivity contribution in [2.45, 2.75) is 11.5 Å². The average molecular weight is 260 g/mol. The summed E-state index contributed by atoms with van der Waals surface area (Å²) in [6.07, 6.45) is -2.96. The molecule has 0 amide bonds. The molecule has 0 aliphatic rings. The molecule has 1 aromatic rings. The number of aromatic amines is 1. The minimum atomic E-state index is -2.96. The first-order chi connectivity index (χ1) is 7.95. The van der Waals surface area contributed by atoms with E-state index < -0.39 is 34.8 Å². The van der Waals surface area contributed by atoms with Crippen molar-refractivity contribution in [2.24, 2.45) is 0 Å². The predicted octanol–water partition coefficient (Wildman–Crippen LogP) is 1.36. The monoisotopic (exact) mass is 260 g/mol. The Morgan fingerprint density at radius 1 is 1.65 bits per heavy atom. The molecule has 2 N–H and O–H groups in total. The molecule has 0 unspecified atom stereocenters. The number of pyridine rings is 1. The molecular weight excluding hydrogens is 254 g/mol. The molecule has 90 valence electrons. The molecule has 1 rings (SSSR count). The highest BCUT2D eigenvalue weighted by molar-refractivity contribution is 7.99. The number of carboxylic acids is 1. The fourth-order valence-electron chi connectivity index (χ4n) is 1.08. The van der Waals surface area contributed by atoms with Crippen molar-refractivity contribution in [3.05, 3.63) is 27.5 Å². The number of alkyl halides is 2. The second-order valence-corrected chi connectivity index (χ2v) is 3.87. The first kappa shape index (κ1) is 13.2. The standard InChI is InChI=1S/C9H6F2N2O3S/c10-8(11)4-1-6(14)13-9(5(4)2-12)17-3-7(15)16/h1,8H,3H2,(H,13,14)(H,15,16). The van der Waals surface area contributed by atoms with Gasteiger partial charge in [0.25, 0.3) is 6.43 Å². The Bertz CT molecular complexity index is 536. The lowest BCUT2D eigenvalue weighted by molar-refractivity contribution is -0.133. The second kappa shape index (κ2) is 5.45. The van der Waals surface area contributed by atoms with Crippen LogP contribution in [-0.2, 0) is 4.79 Å². The van der Waals surface area contributed by atoms with Gasteiger partial charge in [-0.2, -0.15) is 5.26 Å². The maximum atomic E-state index is 12.5. The van der Waals surface area contributed by atoms with Gasteiger partial charge in [0.1, 0.15) is 6.07 Å². The van der Waals surface area contributed by atoms with Gasteiger partial charge >= 0.3 is 5.97 Å². The van der Waals surface area contributed by atoms with Crippen LogP contribution in [0.5, 0.6) is 0 Å². The number of carbonyl (C=O) groups is 1. The number of H-pyrrole nitrogens is 1. The molecule has 0 bridgehead atoms. The third-order valence-electron chi connectivity index (χ3n) is 1.73. The van der Waals surface area contributed by atoms with Crippen molar-refractivity contribution in [1.29, 1.82) is 5.26 Å². The van der Waals surface area contributed by atoms with Gasteiger partial charge in [0.15, 0.2) is 0 Å². The van der Waals surface area contributed by atoms with E-state index in [1.807, 2.05) is 0 Å². The minimum Gasteiger partial charge on any atom is -0.481 e. The Kier molecular flexibility index (Phi) is 4.23. The summed E-state index contributed by atoms with van der Waals surface area (Å²) in [5.41, 5.74) is -1.89. The first-order valence-electron chi connectivity index (χ1n) is 4.25. The summed E-state index contributed by atoms with van der Waals surface area (Å²) < 4.78 is 25.1. The van der Waals surface area contributed by atoms with Gasteiger partial charge in [-0.3, -0.25) is 9.59 Å². The van der Waals surface area contributed by atoms with E-state index >= 15 is 0 Å². The highest BCUT2D eigenvalue weighted by Crippen LogP contribution is 2.27. The normalized spacial score (nSPS) is 10.2. The van der Waals surface area contributed by atoms with E-state index in [4.69, 9.17) is 10.4 Å². The number of aliphatic carboxylic acids is 1. The third-order valence-corrected chi connectivity index (χ3v) is 2.71. The summed E-state index contributed by atoms with van der Waals surface area (Å²) >= 11 is 0.615. The number of halogens is 2. The number of aromatic nitrogens is 1. The number of nitrogens with one attached hydrogen (secondary N) is 1. The van der Waals surface area contributed by atoms with Crippen molar-refractivity contribution < 1.29 is 18.7 Å². The lowest BCUT2D eigenvalue weighted by Gasteiger charge is -2.06. The number of nitrogens with zero attached hydrogens (tertiary/aromatic N) is 1. The molecule has 0 aliphatic heterocycles. The van der Waals surface area contributed by atoms with Gasteiger partial charge < -0.3 is 10.1 Å². The van der Waals surface area contributed by atoms with Crippen LogP contribution in [0.2, 0.25) is 0 Å². The molecule has 0 radical (unpaired) electrons. The average Bonchev–Trinajstić information content (AvgIpc) is 2.25. The lowest BCUT2D eigenvalue weighted by Crippen LogP contribution is -2.11. The van der Waals surface area contributed by atoms with Crippen molar-refractivity contribution in [3.8, 4) is 6.07 Å². The van der Waals surface area contributed by atoms with Gasteiger partial charge in [0, 0.05) is 11.6 Å². The number of carboxylic acid groups (broad SMARTS) is 1. The quantitative estimate of drug-likeness (QED) is 0.797. The van der Waals surface area contributed by atoms with Crippen LogP contribution in [0.1, 0.15) is 17.6 Å². The molecule has 0 spiro atoms. The molecule has 0 aliphatic carbocycles. The van der Waals surface area contributed by atoms with Crippen LogP contribution >= 0.6 is 11.8 Å². The molecule has 1 aromatic heterocycles. The van der Waals surface area contributed by atoms with Gasteiger partial charge in [-0.05, 0) is 0 Å². The van der Waals surface area contributed by atoms with Crippen molar-refractivity contribution in [2.75, 3.05) is 5.75 Å². The molecular formula is C9H6F2N2O3S. The van der Waals surface area contributed by atoms with Crippen LogP contribution < -0.4 is 5.56 Å². The zero-order valence-electron chi connectivity index (χ0n) is 8.24. The third kappa shape index (κ3) is 3.29. The van der Waals surface area contributed by atoms with Gasteiger partial charge in [-0.25, -0.2) is 8.78 Å². The highest BCUT2D eigenvalue weighted by Gasteiger charge is 2.18. The van der Waals surface area contributed by atoms with E-state index in [-0.39, 0.29) is 5.03 Å². The lowest BCUT2D eigenvalue weighted by atomic mass is 10.1. The van der Waals surface area contributed by atoms with Gasteiger partial charge in [0.05, 0.1) is 16.3 Å². The molecule has 0 saturated carbocycles. The molecule has 0 atom stereocenters. The second-order valence-electron chi connectivity index (χ2n) is 2.89. The Morgan fingerprint density at radius 2 is 2.29 bits per heavy atom. The van der Waals surface area contributed by atoms with Crippen LogP contribution in [-0.4, -0.2) is 21.8 Å². The van der Waals surface area contributed by atoms with E-state index in [2.05, 4.69) is 4.98 Å².